The first-order chi connectivity index (χ1) is 11.7. The van der Waals surface area contributed by atoms with Crippen molar-refractivity contribution in [1.29, 1.82) is 0 Å². The molecule has 2 aromatic heterocycles. The standard InChI is InChI=1S/C19H16BrNO2S/c20-16-8-5-15(6-9-16)7-10-19(22)21(13-17-3-1-11-23-17)14-18-4-2-12-24-18/h1-12H,13-14H2/b10-7+. The molecule has 0 atom stereocenters. The van der Waals surface area contributed by atoms with Crippen molar-refractivity contribution in [3.8, 4) is 0 Å². The van der Waals surface area contributed by atoms with Gasteiger partial charge in [-0.15, -0.1) is 11.3 Å². The number of furan rings is 1. The normalized spacial score (nSPS) is 11.0. The summed E-state index contributed by atoms with van der Waals surface area (Å²) in [6.07, 6.45) is 5.07. The Morgan fingerprint density at radius 2 is 1.96 bits per heavy atom. The van der Waals surface area contributed by atoms with E-state index in [1.165, 1.54) is 0 Å². The maximum Gasteiger partial charge on any atom is 0.247 e. The zero-order valence-electron chi connectivity index (χ0n) is 12.9. The van der Waals surface area contributed by atoms with E-state index < -0.39 is 0 Å². The molecule has 122 valence electrons. The average Bonchev–Trinajstić information content (AvgIpc) is 3.27. The number of rotatable bonds is 6. The largest absolute Gasteiger partial charge is 0.467 e. The molecule has 1 aromatic carbocycles. The summed E-state index contributed by atoms with van der Waals surface area (Å²) in [5, 5.41) is 2.02. The van der Waals surface area contributed by atoms with Crippen molar-refractivity contribution in [3.05, 3.63) is 86.9 Å². The first kappa shape index (κ1) is 16.7. The lowest BCUT2D eigenvalue weighted by Crippen LogP contribution is -2.27. The highest BCUT2D eigenvalue weighted by Crippen LogP contribution is 2.16. The molecule has 2 heterocycles. The van der Waals surface area contributed by atoms with Crippen molar-refractivity contribution in [1.82, 2.24) is 4.90 Å². The minimum Gasteiger partial charge on any atom is -0.467 e. The van der Waals surface area contributed by atoms with Crippen LogP contribution in [0.25, 0.3) is 6.08 Å². The van der Waals surface area contributed by atoms with Gasteiger partial charge in [0.2, 0.25) is 5.91 Å². The molecule has 0 saturated heterocycles. The Hall–Kier alpha value is -2.11. The van der Waals surface area contributed by atoms with E-state index in [-0.39, 0.29) is 5.91 Å². The van der Waals surface area contributed by atoms with Crippen LogP contribution in [-0.4, -0.2) is 10.8 Å². The lowest BCUT2D eigenvalue weighted by molar-refractivity contribution is -0.127. The molecule has 3 nitrogen and oxygen atoms in total. The maximum absolute atomic E-state index is 12.6. The van der Waals surface area contributed by atoms with Crippen LogP contribution in [0.4, 0.5) is 0 Å². The minimum atomic E-state index is -0.0391. The second-order valence-corrected chi connectivity index (χ2v) is 7.19. The fraction of sp³-hybridized carbons (Fsp3) is 0.105. The van der Waals surface area contributed by atoms with Gasteiger partial charge in [-0.1, -0.05) is 34.1 Å². The number of nitrogens with zero attached hydrogens (tertiary/aromatic N) is 1. The molecule has 24 heavy (non-hydrogen) atoms. The van der Waals surface area contributed by atoms with Crippen molar-refractivity contribution < 1.29 is 9.21 Å². The molecule has 0 fully saturated rings. The summed E-state index contributed by atoms with van der Waals surface area (Å²) in [6, 6.07) is 15.6. The molecule has 0 spiro atoms. The summed E-state index contributed by atoms with van der Waals surface area (Å²) in [5.41, 5.74) is 0.987. The number of amides is 1. The number of hydrogen-bond acceptors (Lipinski definition) is 3. The van der Waals surface area contributed by atoms with E-state index in [1.54, 1.807) is 28.6 Å². The molecule has 3 aromatic rings. The van der Waals surface area contributed by atoms with Crippen LogP contribution in [0.3, 0.4) is 0 Å². The van der Waals surface area contributed by atoms with Gasteiger partial charge in [-0.05, 0) is 47.4 Å². The van der Waals surface area contributed by atoms with Gasteiger partial charge in [0, 0.05) is 15.4 Å². The quantitative estimate of drug-likeness (QED) is 0.521. The Bertz CT molecular complexity index is 756. The van der Waals surface area contributed by atoms with Crippen LogP contribution < -0.4 is 0 Å². The van der Waals surface area contributed by atoms with Crippen molar-refractivity contribution in [2.24, 2.45) is 0 Å². The predicted octanol–water partition coefficient (Wildman–Crippen LogP) is 5.35. The fourth-order valence-corrected chi connectivity index (χ4v) is 3.22. The lowest BCUT2D eigenvalue weighted by Gasteiger charge is -2.19. The Labute approximate surface area is 153 Å². The summed E-state index contributed by atoms with van der Waals surface area (Å²) in [7, 11) is 0. The second kappa shape index (κ2) is 8.13. The maximum atomic E-state index is 12.6. The van der Waals surface area contributed by atoms with Crippen LogP contribution in [0.5, 0.6) is 0 Å². The number of benzene rings is 1. The Morgan fingerprint density at radius 1 is 1.12 bits per heavy atom. The van der Waals surface area contributed by atoms with Gasteiger partial charge < -0.3 is 9.32 Å². The molecule has 5 heteroatoms. The summed E-state index contributed by atoms with van der Waals surface area (Å²) in [6.45, 7) is 1.02. The third kappa shape index (κ3) is 4.69. The van der Waals surface area contributed by atoms with Crippen molar-refractivity contribution in [3.63, 3.8) is 0 Å². The van der Waals surface area contributed by atoms with Crippen LogP contribution in [-0.2, 0) is 17.9 Å². The van der Waals surface area contributed by atoms with Crippen LogP contribution in [0.2, 0.25) is 0 Å². The SMILES string of the molecule is O=C(/C=C/c1ccc(Br)cc1)N(Cc1ccco1)Cc1cccs1. The fourth-order valence-electron chi connectivity index (χ4n) is 2.24. The number of halogens is 1. The number of carbonyl (C=O) groups is 1. The molecule has 1 amide bonds. The average molecular weight is 402 g/mol. The molecule has 0 bridgehead atoms. The number of thiophene rings is 1. The lowest BCUT2D eigenvalue weighted by atomic mass is 10.2. The second-order valence-electron chi connectivity index (χ2n) is 5.24. The molecule has 0 aliphatic carbocycles. The van der Waals surface area contributed by atoms with Gasteiger partial charge >= 0.3 is 0 Å². The summed E-state index contributed by atoms with van der Waals surface area (Å²) < 4.78 is 6.41. The highest BCUT2D eigenvalue weighted by Gasteiger charge is 2.14. The topological polar surface area (TPSA) is 33.5 Å². The van der Waals surface area contributed by atoms with Crippen LogP contribution in [0.15, 0.2) is 75.1 Å². The molecular weight excluding hydrogens is 386 g/mol. The predicted molar refractivity (Wildman–Crippen MR) is 100 cm³/mol. The van der Waals surface area contributed by atoms with Gasteiger partial charge in [-0.25, -0.2) is 0 Å². The van der Waals surface area contributed by atoms with Crippen LogP contribution in [0.1, 0.15) is 16.2 Å². The molecule has 0 aliphatic heterocycles. The van der Waals surface area contributed by atoms with Gasteiger partial charge in [0.1, 0.15) is 5.76 Å². The monoisotopic (exact) mass is 401 g/mol. The highest BCUT2D eigenvalue weighted by atomic mass is 79.9. The third-order valence-electron chi connectivity index (χ3n) is 3.45. The molecule has 0 N–H and O–H groups in total. The molecule has 0 aliphatic rings. The Morgan fingerprint density at radius 3 is 2.62 bits per heavy atom. The molecule has 0 radical (unpaired) electrons. The summed E-state index contributed by atoms with van der Waals surface area (Å²) in [5.74, 6) is 0.736. The van der Waals surface area contributed by atoms with E-state index >= 15 is 0 Å². The van der Waals surface area contributed by atoms with E-state index in [0.29, 0.717) is 13.1 Å². The van der Waals surface area contributed by atoms with Crippen molar-refractivity contribution in [2.75, 3.05) is 0 Å². The molecule has 0 unspecified atom stereocenters. The summed E-state index contributed by atoms with van der Waals surface area (Å²) in [4.78, 5) is 15.6. The zero-order chi connectivity index (χ0) is 16.8. The first-order valence-corrected chi connectivity index (χ1v) is 9.15. The van der Waals surface area contributed by atoms with Gasteiger partial charge in [0.15, 0.2) is 0 Å². The molecule has 0 saturated carbocycles. The van der Waals surface area contributed by atoms with Gasteiger partial charge in [-0.3, -0.25) is 4.79 Å². The Kier molecular flexibility index (Phi) is 5.67. The number of carbonyl (C=O) groups excluding carboxylic acids is 1. The van der Waals surface area contributed by atoms with Crippen molar-refractivity contribution >= 4 is 39.2 Å². The van der Waals surface area contributed by atoms with Gasteiger partial charge in [0.05, 0.1) is 19.4 Å². The van der Waals surface area contributed by atoms with E-state index in [2.05, 4.69) is 15.9 Å². The first-order valence-electron chi connectivity index (χ1n) is 7.48. The van der Waals surface area contributed by atoms with Gasteiger partial charge in [0.25, 0.3) is 0 Å². The number of hydrogen-bond donors (Lipinski definition) is 0. The van der Waals surface area contributed by atoms with E-state index in [4.69, 9.17) is 4.42 Å². The van der Waals surface area contributed by atoms with Crippen LogP contribution in [0, 0.1) is 0 Å². The van der Waals surface area contributed by atoms with E-state index in [0.717, 1.165) is 20.7 Å². The van der Waals surface area contributed by atoms with Crippen LogP contribution >= 0.6 is 27.3 Å². The highest BCUT2D eigenvalue weighted by molar-refractivity contribution is 9.10. The molecular formula is C19H16BrNO2S. The third-order valence-corrected chi connectivity index (χ3v) is 4.84. The smallest absolute Gasteiger partial charge is 0.247 e. The van der Waals surface area contributed by atoms with Crippen molar-refractivity contribution in [2.45, 2.75) is 13.1 Å². The van der Waals surface area contributed by atoms with E-state index in [1.807, 2.05) is 60.0 Å². The van der Waals surface area contributed by atoms with Gasteiger partial charge in [-0.2, -0.15) is 0 Å². The summed E-state index contributed by atoms with van der Waals surface area (Å²) >= 11 is 5.05. The van der Waals surface area contributed by atoms with E-state index in [9.17, 15) is 4.79 Å². The molecule has 3 rings (SSSR count). The Balaban J connectivity index is 1.73. The zero-order valence-corrected chi connectivity index (χ0v) is 15.3. The minimum absolute atomic E-state index is 0.0391.